The molecule has 3 rings (SSSR count). The third kappa shape index (κ3) is 1.20. The first-order valence-electron chi connectivity index (χ1n) is 5.66. The van der Waals surface area contributed by atoms with Crippen LogP contribution in [0.15, 0.2) is 0 Å². The van der Waals surface area contributed by atoms with Gasteiger partial charge in [-0.3, -0.25) is 5.10 Å². The maximum atomic E-state index is 4.26. The van der Waals surface area contributed by atoms with Crippen molar-refractivity contribution in [2.45, 2.75) is 33.7 Å². The number of fused-ring (bicyclic) bond motifs is 2. The predicted octanol–water partition coefficient (Wildman–Crippen LogP) is 1.90. The second kappa shape index (κ2) is 3.26. The normalized spacial score (nSPS) is 12.1. The van der Waals surface area contributed by atoms with Crippen LogP contribution in [0, 0.1) is 13.8 Å². The van der Waals surface area contributed by atoms with Crippen molar-refractivity contribution in [3.05, 3.63) is 11.1 Å². The van der Waals surface area contributed by atoms with Gasteiger partial charge in [-0.1, -0.05) is 10.4 Å². The minimum absolute atomic E-state index is 0.284. The summed E-state index contributed by atoms with van der Waals surface area (Å²) < 4.78 is 1.94. The number of hydrogen-bond donors (Lipinski definition) is 1. The van der Waals surface area contributed by atoms with E-state index in [1.807, 2.05) is 18.5 Å². The number of rotatable bonds is 1. The molecule has 0 saturated heterocycles. The highest BCUT2D eigenvalue weighted by Crippen LogP contribution is 2.29. The summed E-state index contributed by atoms with van der Waals surface area (Å²) in [4.78, 5) is 0. The van der Waals surface area contributed by atoms with Crippen LogP contribution in [-0.4, -0.2) is 30.4 Å². The molecule has 1 aromatic carbocycles. The van der Waals surface area contributed by atoms with E-state index in [9.17, 15) is 0 Å². The van der Waals surface area contributed by atoms with Crippen LogP contribution in [0.25, 0.3) is 22.1 Å². The molecule has 6 nitrogen and oxygen atoms in total. The number of H-pyrrole nitrogens is 1. The lowest BCUT2D eigenvalue weighted by Gasteiger charge is -2.08. The largest absolute Gasteiger partial charge is 0.257 e. The molecule has 88 valence electrons. The molecule has 0 saturated carbocycles. The number of aromatic nitrogens is 6. The molecule has 0 aliphatic heterocycles. The van der Waals surface area contributed by atoms with Crippen LogP contribution in [0.5, 0.6) is 0 Å². The van der Waals surface area contributed by atoms with Gasteiger partial charge in [0, 0.05) is 17.2 Å². The quantitative estimate of drug-likeness (QED) is 0.693. The van der Waals surface area contributed by atoms with Crippen LogP contribution in [0.4, 0.5) is 0 Å². The Hall–Kier alpha value is -1.98. The van der Waals surface area contributed by atoms with E-state index in [-0.39, 0.29) is 6.04 Å². The van der Waals surface area contributed by atoms with E-state index in [1.165, 1.54) is 0 Å². The lowest BCUT2D eigenvalue weighted by Crippen LogP contribution is -2.04. The molecular formula is C11H14N6. The molecular weight excluding hydrogens is 216 g/mol. The number of nitrogens with zero attached hydrogens (tertiary/aromatic N) is 5. The van der Waals surface area contributed by atoms with Crippen molar-refractivity contribution >= 4 is 22.1 Å². The molecule has 0 aliphatic carbocycles. The second-order valence-corrected chi connectivity index (χ2v) is 4.61. The number of aromatic amines is 1. The van der Waals surface area contributed by atoms with Crippen molar-refractivity contribution < 1.29 is 0 Å². The van der Waals surface area contributed by atoms with Crippen molar-refractivity contribution in [1.29, 1.82) is 0 Å². The topological polar surface area (TPSA) is 72.3 Å². The fourth-order valence-corrected chi connectivity index (χ4v) is 2.24. The highest BCUT2D eigenvalue weighted by Gasteiger charge is 2.18. The molecule has 0 amide bonds. The molecule has 2 heterocycles. The van der Waals surface area contributed by atoms with Crippen molar-refractivity contribution in [1.82, 2.24) is 30.4 Å². The third-order valence-corrected chi connectivity index (χ3v) is 3.17. The number of benzene rings is 1. The van der Waals surface area contributed by atoms with E-state index in [0.29, 0.717) is 0 Å². The van der Waals surface area contributed by atoms with Gasteiger partial charge in [0.2, 0.25) is 0 Å². The van der Waals surface area contributed by atoms with Crippen LogP contribution >= 0.6 is 0 Å². The highest BCUT2D eigenvalue weighted by molar-refractivity contribution is 5.98. The number of nitrogens with one attached hydrogen (secondary N) is 1. The molecule has 6 heteroatoms. The highest BCUT2D eigenvalue weighted by atomic mass is 15.4. The lowest BCUT2D eigenvalue weighted by atomic mass is 10.1. The van der Waals surface area contributed by atoms with Gasteiger partial charge in [0.05, 0.1) is 11.0 Å². The minimum atomic E-state index is 0.284. The fraction of sp³-hybridized carbons (Fsp3) is 0.455. The maximum absolute atomic E-state index is 4.26. The van der Waals surface area contributed by atoms with E-state index in [2.05, 4.69) is 39.6 Å². The second-order valence-electron chi connectivity index (χ2n) is 4.61. The van der Waals surface area contributed by atoms with Gasteiger partial charge in [-0.2, -0.15) is 0 Å². The summed E-state index contributed by atoms with van der Waals surface area (Å²) in [6.45, 7) is 8.24. The molecule has 3 aromatic rings. The third-order valence-electron chi connectivity index (χ3n) is 3.17. The summed E-state index contributed by atoms with van der Waals surface area (Å²) in [7, 11) is 0. The molecule has 17 heavy (non-hydrogen) atoms. The van der Waals surface area contributed by atoms with Crippen LogP contribution in [0.2, 0.25) is 0 Å². The Labute approximate surface area is 98.0 Å². The monoisotopic (exact) mass is 230 g/mol. The fourth-order valence-electron chi connectivity index (χ4n) is 2.24. The van der Waals surface area contributed by atoms with Crippen LogP contribution < -0.4 is 0 Å². The van der Waals surface area contributed by atoms with E-state index >= 15 is 0 Å². The Morgan fingerprint density at radius 3 is 2.53 bits per heavy atom. The first kappa shape index (κ1) is 10.2. The Morgan fingerprint density at radius 1 is 1.06 bits per heavy atom. The SMILES string of the molecule is Cc1c2nn[nH]c2c(C)c2c1nnn2C(C)C. The first-order chi connectivity index (χ1) is 8.11. The summed E-state index contributed by atoms with van der Waals surface area (Å²) >= 11 is 0. The van der Waals surface area contributed by atoms with E-state index in [1.54, 1.807) is 0 Å². The van der Waals surface area contributed by atoms with Gasteiger partial charge in [0.15, 0.2) is 0 Å². The molecule has 0 atom stereocenters. The smallest absolute Gasteiger partial charge is 0.118 e. The molecule has 1 N–H and O–H groups in total. The zero-order chi connectivity index (χ0) is 12.2. The van der Waals surface area contributed by atoms with Gasteiger partial charge in [0.1, 0.15) is 11.0 Å². The van der Waals surface area contributed by atoms with Crippen LogP contribution in [0.3, 0.4) is 0 Å². The van der Waals surface area contributed by atoms with Crippen LogP contribution in [-0.2, 0) is 0 Å². The van der Waals surface area contributed by atoms with Crippen molar-refractivity contribution in [3.63, 3.8) is 0 Å². The molecule has 0 bridgehead atoms. The molecule has 0 fully saturated rings. The Balaban J connectivity index is 2.57. The van der Waals surface area contributed by atoms with Gasteiger partial charge in [0.25, 0.3) is 0 Å². The van der Waals surface area contributed by atoms with E-state index in [4.69, 9.17) is 0 Å². The van der Waals surface area contributed by atoms with Gasteiger partial charge in [-0.25, -0.2) is 4.68 Å². The zero-order valence-electron chi connectivity index (χ0n) is 10.3. The summed E-state index contributed by atoms with van der Waals surface area (Å²) in [5, 5.41) is 19.4. The minimum Gasteiger partial charge on any atom is -0.257 e. The van der Waals surface area contributed by atoms with E-state index < -0.39 is 0 Å². The average Bonchev–Trinajstić information content (AvgIpc) is 2.92. The average molecular weight is 230 g/mol. The molecule has 0 unspecified atom stereocenters. The molecule has 0 radical (unpaired) electrons. The first-order valence-corrected chi connectivity index (χ1v) is 5.66. The molecule has 0 spiro atoms. The summed E-state index contributed by atoms with van der Waals surface area (Å²) in [6, 6.07) is 0.284. The van der Waals surface area contributed by atoms with Crippen LogP contribution in [0.1, 0.15) is 31.0 Å². The summed E-state index contributed by atoms with van der Waals surface area (Å²) in [5.74, 6) is 0. The Bertz CT molecular complexity index is 705. The number of aryl methyl sites for hydroxylation is 2. The van der Waals surface area contributed by atoms with Gasteiger partial charge >= 0.3 is 0 Å². The zero-order valence-corrected chi connectivity index (χ0v) is 10.3. The standard InChI is InChI=1S/C11H14N6/c1-5(2)17-11-7(4)9-8(12-15-13-9)6(3)10(11)14-16-17/h5H,1-4H3,(H,12,13,15). The molecule has 2 aromatic heterocycles. The summed E-state index contributed by atoms with van der Waals surface area (Å²) in [5.41, 5.74) is 5.96. The Kier molecular flexibility index (Phi) is 1.95. The molecule has 0 aliphatic rings. The van der Waals surface area contributed by atoms with Gasteiger partial charge < -0.3 is 0 Å². The maximum Gasteiger partial charge on any atom is 0.118 e. The number of hydrogen-bond acceptors (Lipinski definition) is 4. The van der Waals surface area contributed by atoms with E-state index in [0.717, 1.165) is 33.2 Å². The van der Waals surface area contributed by atoms with Crippen molar-refractivity contribution in [2.24, 2.45) is 0 Å². The lowest BCUT2D eigenvalue weighted by molar-refractivity contribution is 0.529. The van der Waals surface area contributed by atoms with Crippen molar-refractivity contribution in [2.75, 3.05) is 0 Å². The Morgan fingerprint density at radius 2 is 1.82 bits per heavy atom. The van der Waals surface area contributed by atoms with Crippen molar-refractivity contribution in [3.8, 4) is 0 Å². The van der Waals surface area contributed by atoms with Gasteiger partial charge in [-0.05, 0) is 27.7 Å². The van der Waals surface area contributed by atoms with Gasteiger partial charge in [-0.15, -0.1) is 10.2 Å². The summed E-state index contributed by atoms with van der Waals surface area (Å²) in [6.07, 6.45) is 0. The predicted molar refractivity (Wildman–Crippen MR) is 64.8 cm³/mol.